The molecular weight excluding hydrogens is 272 g/mol. The van der Waals surface area contributed by atoms with Crippen molar-refractivity contribution in [2.75, 3.05) is 32.8 Å². The lowest BCUT2D eigenvalue weighted by molar-refractivity contribution is -0.0295. The Balaban J connectivity index is 1.80. The zero-order valence-corrected chi connectivity index (χ0v) is 12.5. The highest BCUT2D eigenvalue weighted by atomic mass is 16.5. The van der Waals surface area contributed by atoms with Gasteiger partial charge in [0.25, 0.3) is 11.5 Å². The molecule has 0 aliphatic carbocycles. The molecule has 0 radical (unpaired) electrons. The third kappa shape index (κ3) is 4.95. The fourth-order valence-electron chi connectivity index (χ4n) is 2.35. The van der Waals surface area contributed by atoms with Crippen molar-refractivity contribution >= 4 is 5.91 Å². The molecule has 2 N–H and O–H groups in total. The van der Waals surface area contributed by atoms with Gasteiger partial charge in [-0.2, -0.15) is 5.10 Å². The molecule has 0 unspecified atom stereocenters. The van der Waals surface area contributed by atoms with E-state index >= 15 is 0 Å². The second-order valence-electron chi connectivity index (χ2n) is 5.66. The molecule has 7 nitrogen and oxygen atoms in total. The Morgan fingerprint density at radius 1 is 1.57 bits per heavy atom. The summed E-state index contributed by atoms with van der Waals surface area (Å²) >= 11 is 0. The average molecular weight is 294 g/mol. The molecule has 2 heterocycles. The van der Waals surface area contributed by atoms with E-state index < -0.39 is 0 Å². The van der Waals surface area contributed by atoms with E-state index in [4.69, 9.17) is 4.74 Å². The predicted molar refractivity (Wildman–Crippen MR) is 78.2 cm³/mol. The van der Waals surface area contributed by atoms with Gasteiger partial charge in [0.05, 0.1) is 12.7 Å². The first-order valence-corrected chi connectivity index (χ1v) is 7.22. The Morgan fingerprint density at radius 2 is 2.38 bits per heavy atom. The molecule has 1 aromatic rings. The van der Waals surface area contributed by atoms with Crippen molar-refractivity contribution in [3.05, 3.63) is 28.2 Å². The predicted octanol–water partition coefficient (Wildman–Crippen LogP) is -0.143. The summed E-state index contributed by atoms with van der Waals surface area (Å²) in [6.45, 7) is 8.29. The summed E-state index contributed by atoms with van der Waals surface area (Å²) in [4.78, 5) is 25.1. The molecule has 0 aromatic carbocycles. The lowest BCUT2D eigenvalue weighted by atomic mass is 10.2. The molecule has 1 fully saturated rings. The van der Waals surface area contributed by atoms with Crippen molar-refractivity contribution < 1.29 is 9.53 Å². The molecule has 1 aliphatic rings. The topological polar surface area (TPSA) is 87.3 Å². The van der Waals surface area contributed by atoms with Gasteiger partial charge in [-0.05, 0) is 12.0 Å². The first-order valence-electron chi connectivity index (χ1n) is 7.22. The van der Waals surface area contributed by atoms with Crippen LogP contribution in [0.2, 0.25) is 0 Å². The van der Waals surface area contributed by atoms with E-state index in [0.29, 0.717) is 19.1 Å². The maximum atomic E-state index is 11.9. The van der Waals surface area contributed by atoms with Crippen LogP contribution in [0.5, 0.6) is 0 Å². The number of carbonyl (C=O) groups is 1. The minimum absolute atomic E-state index is 0.00999. The number of H-pyrrole nitrogens is 1. The molecule has 0 bridgehead atoms. The van der Waals surface area contributed by atoms with Crippen LogP contribution in [0.3, 0.4) is 0 Å². The average Bonchev–Trinajstić information content (AvgIpc) is 2.45. The summed E-state index contributed by atoms with van der Waals surface area (Å²) in [5, 5.41) is 8.72. The van der Waals surface area contributed by atoms with Gasteiger partial charge in [0.1, 0.15) is 5.69 Å². The summed E-state index contributed by atoms with van der Waals surface area (Å²) in [5.74, 6) is 0.305. The first-order chi connectivity index (χ1) is 10.0. The Kier molecular flexibility index (Phi) is 5.46. The van der Waals surface area contributed by atoms with Crippen LogP contribution in [-0.4, -0.2) is 59.9 Å². The zero-order chi connectivity index (χ0) is 15.2. The number of aromatic amines is 1. The van der Waals surface area contributed by atoms with Crippen LogP contribution in [-0.2, 0) is 4.74 Å². The Hall–Kier alpha value is -1.73. The number of nitrogens with one attached hydrogen (secondary N) is 2. The fraction of sp³-hybridized carbons (Fsp3) is 0.643. The molecule has 1 saturated heterocycles. The molecule has 2 rings (SSSR count). The monoisotopic (exact) mass is 294 g/mol. The number of carbonyl (C=O) groups excluding carboxylic acids is 1. The summed E-state index contributed by atoms with van der Waals surface area (Å²) in [5.41, 5.74) is -0.129. The maximum absolute atomic E-state index is 11.9. The molecule has 116 valence electrons. The number of ether oxygens (including phenoxy) is 1. The van der Waals surface area contributed by atoms with Gasteiger partial charge in [0, 0.05) is 32.2 Å². The minimum atomic E-state index is -0.327. The Bertz CT molecular complexity index is 509. The molecule has 7 heteroatoms. The largest absolute Gasteiger partial charge is 0.374 e. The van der Waals surface area contributed by atoms with Gasteiger partial charge in [-0.25, -0.2) is 5.10 Å². The van der Waals surface area contributed by atoms with E-state index in [2.05, 4.69) is 34.3 Å². The Labute approximate surface area is 123 Å². The van der Waals surface area contributed by atoms with Crippen molar-refractivity contribution in [2.24, 2.45) is 5.92 Å². The number of hydrogen-bond acceptors (Lipinski definition) is 5. The van der Waals surface area contributed by atoms with Crippen molar-refractivity contribution in [1.29, 1.82) is 0 Å². The highest BCUT2D eigenvalue weighted by molar-refractivity contribution is 5.91. The number of aromatic nitrogens is 2. The second kappa shape index (κ2) is 7.33. The number of nitrogens with zero attached hydrogens (tertiary/aromatic N) is 2. The van der Waals surface area contributed by atoms with E-state index in [9.17, 15) is 9.59 Å². The SMILES string of the molecule is CC(C)CN1CCO[C@H](CNC(=O)c2ccc(=O)[nH]n2)C1. The third-order valence-electron chi connectivity index (χ3n) is 3.25. The van der Waals surface area contributed by atoms with Crippen LogP contribution >= 0.6 is 0 Å². The first kappa shape index (κ1) is 15.7. The van der Waals surface area contributed by atoms with Gasteiger partial charge < -0.3 is 10.1 Å². The maximum Gasteiger partial charge on any atom is 0.271 e. The number of amides is 1. The van der Waals surface area contributed by atoms with Crippen molar-refractivity contribution in [1.82, 2.24) is 20.4 Å². The van der Waals surface area contributed by atoms with Crippen LogP contribution in [0.4, 0.5) is 0 Å². The lowest BCUT2D eigenvalue weighted by Crippen LogP contribution is -2.48. The summed E-state index contributed by atoms with van der Waals surface area (Å²) in [7, 11) is 0. The molecule has 21 heavy (non-hydrogen) atoms. The molecular formula is C14H22N4O3. The zero-order valence-electron chi connectivity index (χ0n) is 12.5. The smallest absolute Gasteiger partial charge is 0.271 e. The van der Waals surface area contributed by atoms with Crippen LogP contribution in [0.25, 0.3) is 0 Å². The quantitative estimate of drug-likeness (QED) is 0.789. The molecule has 1 amide bonds. The van der Waals surface area contributed by atoms with Crippen LogP contribution < -0.4 is 10.9 Å². The highest BCUT2D eigenvalue weighted by Gasteiger charge is 2.21. The molecule has 0 spiro atoms. The van der Waals surface area contributed by atoms with Gasteiger partial charge in [-0.15, -0.1) is 0 Å². The minimum Gasteiger partial charge on any atom is -0.374 e. The van der Waals surface area contributed by atoms with E-state index in [1.54, 1.807) is 0 Å². The number of morpholine rings is 1. The van der Waals surface area contributed by atoms with Gasteiger partial charge in [-0.1, -0.05) is 13.8 Å². The molecule has 1 atom stereocenters. The highest BCUT2D eigenvalue weighted by Crippen LogP contribution is 2.07. The van der Waals surface area contributed by atoms with Gasteiger partial charge in [0.15, 0.2) is 0 Å². The van der Waals surface area contributed by atoms with Crippen LogP contribution in [0.15, 0.2) is 16.9 Å². The van der Waals surface area contributed by atoms with Crippen molar-refractivity contribution in [3.8, 4) is 0 Å². The lowest BCUT2D eigenvalue weighted by Gasteiger charge is -2.33. The van der Waals surface area contributed by atoms with Crippen LogP contribution in [0, 0.1) is 5.92 Å². The molecule has 1 aromatic heterocycles. The van der Waals surface area contributed by atoms with E-state index in [1.165, 1.54) is 12.1 Å². The van der Waals surface area contributed by atoms with E-state index in [-0.39, 0.29) is 23.3 Å². The third-order valence-corrected chi connectivity index (χ3v) is 3.25. The van der Waals surface area contributed by atoms with E-state index in [1.807, 2.05) is 0 Å². The van der Waals surface area contributed by atoms with Gasteiger partial charge in [0.2, 0.25) is 0 Å². The molecule has 1 aliphatic heterocycles. The number of rotatable bonds is 5. The standard InChI is InChI=1S/C14H22N4O3/c1-10(2)8-18-5-6-21-11(9-18)7-15-14(20)12-3-4-13(19)17-16-12/h3-4,10-11H,5-9H2,1-2H3,(H,15,20)(H,17,19)/t11-/m1/s1. The van der Waals surface area contributed by atoms with Crippen molar-refractivity contribution in [3.63, 3.8) is 0 Å². The summed E-state index contributed by atoms with van der Waals surface area (Å²) < 4.78 is 5.66. The summed E-state index contributed by atoms with van der Waals surface area (Å²) in [6, 6.07) is 2.68. The Morgan fingerprint density at radius 3 is 3.05 bits per heavy atom. The summed E-state index contributed by atoms with van der Waals surface area (Å²) in [6.07, 6.45) is -0.00999. The normalized spacial score (nSPS) is 19.7. The van der Waals surface area contributed by atoms with Gasteiger partial charge in [-0.3, -0.25) is 14.5 Å². The second-order valence-corrected chi connectivity index (χ2v) is 5.66. The number of hydrogen-bond donors (Lipinski definition) is 2. The molecule has 0 saturated carbocycles. The van der Waals surface area contributed by atoms with Gasteiger partial charge >= 0.3 is 0 Å². The van der Waals surface area contributed by atoms with Crippen molar-refractivity contribution in [2.45, 2.75) is 20.0 Å². The van der Waals surface area contributed by atoms with Crippen LogP contribution in [0.1, 0.15) is 24.3 Å². The van der Waals surface area contributed by atoms with E-state index in [0.717, 1.165) is 19.6 Å². The fourth-order valence-corrected chi connectivity index (χ4v) is 2.35.